The fraction of sp³-hybridized carbons (Fsp3) is 0.273. The number of benzene rings is 3. The van der Waals surface area contributed by atoms with Crippen LogP contribution < -0.4 is 5.32 Å². The average Bonchev–Trinajstić information content (AvgIpc) is 3.28. The number of hydrogen-bond donors (Lipinski definition) is 4. The Morgan fingerprint density at radius 1 is 0.818 bits per heavy atom. The van der Waals surface area contributed by atoms with Gasteiger partial charge in [-0.1, -0.05) is 62.4 Å². The molecule has 0 radical (unpaired) electrons. The molecule has 10 N–H and O–H groups in total. The molecule has 0 saturated carbocycles. The molecule has 0 aliphatic carbocycles. The van der Waals surface area contributed by atoms with Crippen LogP contribution >= 0.6 is 0 Å². The number of carbonyl (C=O) groups is 2. The van der Waals surface area contributed by atoms with Gasteiger partial charge in [0.15, 0.2) is 0 Å². The first-order chi connectivity index (χ1) is 19.7. The summed E-state index contributed by atoms with van der Waals surface area (Å²) in [7, 11) is 0. The van der Waals surface area contributed by atoms with Crippen LogP contribution in [0.25, 0.3) is 22.4 Å². The summed E-state index contributed by atoms with van der Waals surface area (Å²) in [5, 5.41) is 32.8. The minimum absolute atomic E-state index is 0. The van der Waals surface area contributed by atoms with Crippen LogP contribution in [-0.4, -0.2) is 60.4 Å². The third kappa shape index (κ3) is 9.06. The number of para-hydroxylation sites is 1. The van der Waals surface area contributed by atoms with Crippen LogP contribution in [0.3, 0.4) is 0 Å². The van der Waals surface area contributed by atoms with Gasteiger partial charge in [-0.3, -0.25) is 9.59 Å². The number of halogens is 1. The van der Waals surface area contributed by atoms with E-state index in [2.05, 4.69) is 5.32 Å². The van der Waals surface area contributed by atoms with E-state index in [-0.39, 0.29) is 53.5 Å². The molecule has 0 bridgehead atoms. The molecule has 2 atom stereocenters. The van der Waals surface area contributed by atoms with Gasteiger partial charge in [-0.25, -0.2) is 4.39 Å². The van der Waals surface area contributed by atoms with Gasteiger partial charge in [0.1, 0.15) is 5.82 Å². The minimum atomic E-state index is -1.18. The molecule has 3 aromatic carbocycles. The number of aliphatic hydroxyl groups excluding tert-OH is 2. The van der Waals surface area contributed by atoms with Gasteiger partial charge in [-0.2, -0.15) is 0 Å². The zero-order valence-electron chi connectivity index (χ0n) is 24.6. The Labute approximate surface area is 255 Å². The molecule has 0 aliphatic heterocycles. The van der Waals surface area contributed by atoms with E-state index in [1.54, 1.807) is 12.1 Å². The lowest BCUT2D eigenvalue weighted by Gasteiger charge is -2.20. The number of aliphatic hydroxyl groups is 2. The lowest BCUT2D eigenvalue weighted by atomic mass is 9.94. The van der Waals surface area contributed by atoms with Gasteiger partial charge in [0.2, 0.25) is 0 Å². The third-order valence-electron chi connectivity index (χ3n) is 6.93. The molecule has 1 heterocycles. The smallest absolute Gasteiger partial charge is 0.305 e. The summed E-state index contributed by atoms with van der Waals surface area (Å²) in [6, 6.07) is 24.8. The number of carboxylic acids is 1. The molecule has 0 spiro atoms. The Balaban J connectivity index is 0.00000323. The Morgan fingerprint density at radius 2 is 1.39 bits per heavy atom. The number of amides is 1. The summed E-state index contributed by atoms with van der Waals surface area (Å²) in [5.41, 5.74) is 4.77. The largest absolute Gasteiger partial charge is 0.481 e. The number of nitrogens with one attached hydrogen (secondary N) is 1. The molecule has 238 valence electrons. The number of carboxylic acid groups (broad SMARTS) is 1. The van der Waals surface area contributed by atoms with E-state index < -0.39 is 24.6 Å². The first-order valence-electron chi connectivity index (χ1n) is 13.7. The third-order valence-corrected chi connectivity index (χ3v) is 6.93. The van der Waals surface area contributed by atoms with Crippen molar-refractivity contribution in [1.29, 1.82) is 0 Å². The van der Waals surface area contributed by atoms with Crippen molar-refractivity contribution in [1.82, 2.24) is 4.57 Å². The molecule has 1 amide bonds. The van der Waals surface area contributed by atoms with Gasteiger partial charge in [0.05, 0.1) is 29.9 Å². The van der Waals surface area contributed by atoms with E-state index in [0.717, 1.165) is 11.3 Å². The average molecular weight is 613 g/mol. The van der Waals surface area contributed by atoms with E-state index in [1.165, 1.54) is 12.1 Å². The molecule has 11 heteroatoms. The summed E-state index contributed by atoms with van der Waals surface area (Å²) < 4.78 is 16.0. The van der Waals surface area contributed by atoms with Crippen LogP contribution in [0.4, 0.5) is 10.1 Å². The van der Waals surface area contributed by atoms with Gasteiger partial charge >= 0.3 is 5.97 Å². The molecule has 0 fully saturated rings. The highest BCUT2D eigenvalue weighted by atomic mass is 19.1. The van der Waals surface area contributed by atoms with Gasteiger partial charge in [0.25, 0.3) is 5.91 Å². The second-order valence-electron chi connectivity index (χ2n) is 10.4. The van der Waals surface area contributed by atoms with Crippen molar-refractivity contribution < 1.29 is 45.7 Å². The Hall–Kier alpha value is -4.39. The topological polar surface area (TPSA) is 206 Å². The highest BCUT2D eigenvalue weighted by molar-refractivity contribution is 6.12. The number of rotatable bonds is 12. The maximum absolute atomic E-state index is 14.0. The molecule has 44 heavy (non-hydrogen) atoms. The second-order valence-corrected chi connectivity index (χ2v) is 10.4. The van der Waals surface area contributed by atoms with Crippen molar-refractivity contribution in [2.75, 3.05) is 5.32 Å². The van der Waals surface area contributed by atoms with Crippen LogP contribution in [0.5, 0.6) is 0 Å². The summed E-state index contributed by atoms with van der Waals surface area (Å²) in [6.45, 7) is 4.25. The van der Waals surface area contributed by atoms with Gasteiger partial charge in [-0.05, 0) is 66.3 Å². The van der Waals surface area contributed by atoms with Crippen LogP contribution in [0, 0.1) is 5.82 Å². The molecular weight excluding hydrogens is 571 g/mol. The van der Waals surface area contributed by atoms with E-state index in [9.17, 15) is 24.2 Å². The standard InChI is InChI=1S/C33H35FN2O5.3H2O/c1-21(2)31-30(33(41)35-25-11-7-4-8-12-25)29(22-9-5-3-6-10-22)32(23-13-15-24(34)16-14-23)36(31)18-17-26(37)19-27(38)20-28(39)40;;;/h3-16,21,26-27,37-38H,17-20H2,1-2H3,(H,35,41)(H,39,40);3*1H2/t26-,27-;;;/m1.../s1. The van der Waals surface area contributed by atoms with Crippen molar-refractivity contribution in [3.05, 3.63) is 102 Å². The highest BCUT2D eigenvalue weighted by Crippen LogP contribution is 2.42. The number of hydrogen-bond acceptors (Lipinski definition) is 4. The zero-order chi connectivity index (χ0) is 29.5. The Kier molecular flexibility index (Phi) is 14.6. The highest BCUT2D eigenvalue weighted by Gasteiger charge is 2.31. The monoisotopic (exact) mass is 612 g/mol. The van der Waals surface area contributed by atoms with Crippen molar-refractivity contribution in [3.8, 4) is 22.4 Å². The fourth-order valence-corrected chi connectivity index (χ4v) is 5.20. The molecule has 0 saturated heterocycles. The van der Waals surface area contributed by atoms with Crippen molar-refractivity contribution in [2.45, 2.75) is 57.8 Å². The summed E-state index contributed by atoms with van der Waals surface area (Å²) >= 11 is 0. The van der Waals surface area contributed by atoms with Crippen LogP contribution in [0.15, 0.2) is 84.9 Å². The van der Waals surface area contributed by atoms with Crippen LogP contribution in [0.1, 0.15) is 55.1 Å². The van der Waals surface area contributed by atoms with Crippen molar-refractivity contribution in [3.63, 3.8) is 0 Å². The molecular formula is C33H41FN2O8. The summed E-state index contributed by atoms with van der Waals surface area (Å²) in [6.07, 6.45) is -2.51. The first kappa shape index (κ1) is 37.6. The van der Waals surface area contributed by atoms with Gasteiger partial charge < -0.3 is 41.6 Å². The van der Waals surface area contributed by atoms with E-state index in [4.69, 9.17) is 5.11 Å². The predicted molar refractivity (Wildman–Crippen MR) is 168 cm³/mol. The number of aromatic nitrogens is 1. The van der Waals surface area contributed by atoms with Crippen molar-refractivity contribution >= 4 is 17.6 Å². The van der Waals surface area contributed by atoms with E-state index >= 15 is 0 Å². The maximum atomic E-state index is 14.0. The summed E-state index contributed by atoms with van der Waals surface area (Å²) in [4.78, 5) is 25.0. The number of carbonyl (C=O) groups excluding carboxylic acids is 1. The van der Waals surface area contributed by atoms with Crippen LogP contribution in [-0.2, 0) is 11.3 Å². The van der Waals surface area contributed by atoms with E-state index in [0.29, 0.717) is 28.1 Å². The van der Waals surface area contributed by atoms with Crippen molar-refractivity contribution in [2.24, 2.45) is 0 Å². The lowest BCUT2D eigenvalue weighted by molar-refractivity contribution is -0.139. The molecule has 0 aliphatic rings. The zero-order valence-corrected chi connectivity index (χ0v) is 24.6. The first-order valence-corrected chi connectivity index (χ1v) is 13.7. The minimum Gasteiger partial charge on any atom is -0.481 e. The number of aliphatic carboxylic acids is 1. The molecule has 1 aromatic heterocycles. The van der Waals surface area contributed by atoms with Crippen LogP contribution in [0.2, 0.25) is 0 Å². The predicted octanol–water partition coefficient (Wildman–Crippen LogP) is 3.84. The van der Waals surface area contributed by atoms with Gasteiger partial charge in [0, 0.05) is 23.5 Å². The normalized spacial score (nSPS) is 11.9. The second kappa shape index (κ2) is 17.0. The maximum Gasteiger partial charge on any atom is 0.305 e. The van der Waals surface area contributed by atoms with Gasteiger partial charge in [-0.15, -0.1) is 0 Å². The number of nitrogens with zero attached hydrogens (tertiary/aromatic N) is 1. The Bertz CT molecular complexity index is 1480. The Morgan fingerprint density at radius 3 is 1.93 bits per heavy atom. The number of anilines is 1. The fourth-order valence-electron chi connectivity index (χ4n) is 5.20. The molecule has 10 nitrogen and oxygen atoms in total. The summed E-state index contributed by atoms with van der Waals surface area (Å²) in [5.74, 6) is -1.93. The molecule has 4 aromatic rings. The molecule has 4 rings (SSSR count). The van der Waals surface area contributed by atoms with E-state index in [1.807, 2.05) is 79.1 Å². The SMILES string of the molecule is CC(C)c1c(C(=O)Nc2ccccc2)c(-c2ccccc2)c(-c2ccc(F)cc2)n1CC[C@@H](O)C[C@@H](O)CC(=O)O.O.O.O. The molecule has 0 unspecified atom stereocenters. The lowest BCUT2D eigenvalue weighted by Crippen LogP contribution is -2.22. The quantitative estimate of drug-likeness (QED) is 0.188.